The molecule has 1 aromatic carbocycles. The van der Waals surface area contributed by atoms with E-state index in [1.54, 1.807) is 13.8 Å². The van der Waals surface area contributed by atoms with Gasteiger partial charge in [-0.15, -0.1) is 0 Å². The molecule has 1 rings (SSSR count). The first-order chi connectivity index (χ1) is 8.81. The average Bonchev–Trinajstić information content (AvgIpc) is 2.35. The fourth-order valence-corrected chi connectivity index (χ4v) is 3.25. The third kappa shape index (κ3) is 3.91. The molecule has 0 radical (unpaired) electrons. The summed E-state index contributed by atoms with van der Waals surface area (Å²) in [5.41, 5.74) is 0.0114. The van der Waals surface area contributed by atoms with Crippen molar-refractivity contribution in [1.29, 1.82) is 5.26 Å². The summed E-state index contributed by atoms with van der Waals surface area (Å²) < 4.78 is 26.8. The van der Waals surface area contributed by atoms with Crippen molar-refractivity contribution in [2.75, 3.05) is 6.61 Å². The molecule has 19 heavy (non-hydrogen) atoms. The quantitative estimate of drug-likeness (QED) is 0.862. The van der Waals surface area contributed by atoms with Crippen molar-refractivity contribution in [2.45, 2.75) is 24.8 Å². The van der Waals surface area contributed by atoms with Crippen LogP contribution in [0.3, 0.4) is 0 Å². The highest BCUT2D eigenvalue weighted by molar-refractivity contribution is 7.89. The summed E-state index contributed by atoms with van der Waals surface area (Å²) in [4.78, 5) is -0.179. The van der Waals surface area contributed by atoms with Gasteiger partial charge in [0.05, 0.1) is 12.2 Å². The van der Waals surface area contributed by atoms with E-state index >= 15 is 0 Å². The minimum atomic E-state index is -3.90. The Morgan fingerprint density at radius 2 is 2.11 bits per heavy atom. The first kappa shape index (κ1) is 15.9. The summed E-state index contributed by atoms with van der Waals surface area (Å²) in [6.07, 6.45) is 0. The number of nitriles is 1. The molecule has 104 valence electrons. The fourth-order valence-electron chi connectivity index (χ4n) is 1.46. The number of benzene rings is 1. The summed E-state index contributed by atoms with van der Waals surface area (Å²) in [5, 5.41) is 18.3. The van der Waals surface area contributed by atoms with E-state index in [2.05, 4.69) is 4.72 Å². The van der Waals surface area contributed by atoms with Crippen molar-refractivity contribution >= 4 is 21.6 Å². The number of nitrogens with zero attached hydrogens (tertiary/aromatic N) is 1. The normalized spacial score (nSPS) is 13.3. The zero-order valence-corrected chi connectivity index (χ0v) is 12.2. The van der Waals surface area contributed by atoms with Crippen molar-refractivity contribution in [2.24, 2.45) is 5.92 Å². The van der Waals surface area contributed by atoms with E-state index in [4.69, 9.17) is 22.0 Å². The van der Waals surface area contributed by atoms with E-state index in [0.717, 1.165) is 0 Å². The Morgan fingerprint density at radius 1 is 1.47 bits per heavy atom. The standard InChI is InChI=1S/C12H15ClN2O3S/c1-8(2)11(7-16)15-19(17,18)12-5-10(13)4-3-9(12)6-14/h3-5,8,11,15-16H,7H2,1-2H3/t11-/m1/s1. The van der Waals surface area contributed by atoms with Crippen molar-refractivity contribution < 1.29 is 13.5 Å². The van der Waals surface area contributed by atoms with Crippen LogP contribution in [-0.4, -0.2) is 26.2 Å². The molecule has 0 saturated carbocycles. The Labute approximate surface area is 117 Å². The minimum absolute atomic E-state index is 0.0114. The van der Waals surface area contributed by atoms with E-state index in [9.17, 15) is 8.42 Å². The summed E-state index contributed by atoms with van der Waals surface area (Å²) in [6.45, 7) is 3.25. The molecule has 0 fully saturated rings. The molecule has 1 aromatic rings. The Hall–Kier alpha value is -1.13. The lowest BCUT2D eigenvalue weighted by Crippen LogP contribution is -2.41. The molecule has 0 heterocycles. The maximum Gasteiger partial charge on any atom is 0.242 e. The van der Waals surface area contributed by atoms with Crippen LogP contribution in [-0.2, 0) is 10.0 Å². The SMILES string of the molecule is CC(C)[C@@H](CO)NS(=O)(=O)c1cc(Cl)ccc1C#N. The average molecular weight is 303 g/mol. The van der Waals surface area contributed by atoms with E-state index in [-0.39, 0.29) is 28.0 Å². The van der Waals surface area contributed by atoms with Gasteiger partial charge in [0.25, 0.3) is 0 Å². The van der Waals surface area contributed by atoms with Crippen LogP contribution in [0.25, 0.3) is 0 Å². The van der Waals surface area contributed by atoms with Crippen LogP contribution in [0.2, 0.25) is 5.02 Å². The number of sulfonamides is 1. The number of rotatable bonds is 5. The molecule has 0 bridgehead atoms. The second kappa shape index (κ2) is 6.35. The number of nitrogens with one attached hydrogen (secondary N) is 1. The monoisotopic (exact) mass is 302 g/mol. The smallest absolute Gasteiger partial charge is 0.242 e. The lowest BCUT2D eigenvalue weighted by Gasteiger charge is -2.20. The van der Waals surface area contributed by atoms with E-state index in [1.165, 1.54) is 18.2 Å². The van der Waals surface area contributed by atoms with Crippen molar-refractivity contribution in [3.05, 3.63) is 28.8 Å². The maximum atomic E-state index is 12.2. The van der Waals surface area contributed by atoms with Crippen LogP contribution in [0, 0.1) is 17.2 Å². The van der Waals surface area contributed by atoms with Gasteiger partial charge >= 0.3 is 0 Å². The van der Waals surface area contributed by atoms with E-state index in [0.29, 0.717) is 0 Å². The molecule has 2 N–H and O–H groups in total. The molecule has 0 spiro atoms. The highest BCUT2D eigenvalue weighted by atomic mass is 35.5. The molecule has 7 heteroatoms. The summed E-state index contributed by atoms with van der Waals surface area (Å²) in [6, 6.07) is 5.21. The Morgan fingerprint density at radius 3 is 2.58 bits per heavy atom. The molecule has 0 saturated heterocycles. The Bertz CT molecular complexity index is 593. The number of aliphatic hydroxyl groups excluding tert-OH is 1. The second-order valence-electron chi connectivity index (χ2n) is 4.41. The molecule has 5 nitrogen and oxygen atoms in total. The third-order valence-corrected chi connectivity index (χ3v) is 4.43. The number of hydrogen-bond acceptors (Lipinski definition) is 4. The zero-order chi connectivity index (χ0) is 14.6. The van der Waals surface area contributed by atoms with Gasteiger partial charge in [0.2, 0.25) is 10.0 Å². The number of aliphatic hydroxyl groups is 1. The van der Waals surface area contributed by atoms with Gasteiger partial charge in [-0.1, -0.05) is 25.4 Å². The van der Waals surface area contributed by atoms with Gasteiger partial charge in [-0.05, 0) is 24.1 Å². The van der Waals surface area contributed by atoms with E-state index < -0.39 is 16.1 Å². The Kier molecular flexibility index (Phi) is 5.32. The van der Waals surface area contributed by atoms with Gasteiger partial charge in [-0.25, -0.2) is 13.1 Å². The van der Waals surface area contributed by atoms with Crippen molar-refractivity contribution in [1.82, 2.24) is 4.72 Å². The van der Waals surface area contributed by atoms with Crippen LogP contribution in [0.4, 0.5) is 0 Å². The zero-order valence-electron chi connectivity index (χ0n) is 10.6. The van der Waals surface area contributed by atoms with Gasteiger partial charge in [-0.2, -0.15) is 5.26 Å². The molecule has 0 aliphatic rings. The van der Waals surface area contributed by atoms with Gasteiger partial charge in [-0.3, -0.25) is 0 Å². The maximum absolute atomic E-state index is 12.2. The van der Waals surface area contributed by atoms with Crippen LogP contribution in [0.5, 0.6) is 0 Å². The molecule has 0 unspecified atom stereocenters. The number of hydrogen-bond donors (Lipinski definition) is 2. The van der Waals surface area contributed by atoms with Crippen molar-refractivity contribution in [3.8, 4) is 6.07 Å². The third-order valence-electron chi connectivity index (χ3n) is 2.66. The predicted octanol–water partition coefficient (Wildman–Crippen LogP) is 1.51. The van der Waals surface area contributed by atoms with Gasteiger partial charge in [0.1, 0.15) is 11.0 Å². The first-order valence-electron chi connectivity index (χ1n) is 5.64. The van der Waals surface area contributed by atoms with Gasteiger partial charge in [0, 0.05) is 11.1 Å². The van der Waals surface area contributed by atoms with Crippen LogP contribution < -0.4 is 4.72 Å². The minimum Gasteiger partial charge on any atom is -0.395 e. The van der Waals surface area contributed by atoms with E-state index in [1.807, 2.05) is 6.07 Å². The first-order valence-corrected chi connectivity index (χ1v) is 7.50. The molecular weight excluding hydrogens is 288 g/mol. The highest BCUT2D eigenvalue weighted by Gasteiger charge is 2.24. The largest absolute Gasteiger partial charge is 0.395 e. The summed E-state index contributed by atoms with van der Waals surface area (Å²) in [5.74, 6) is -0.0792. The summed E-state index contributed by atoms with van der Waals surface area (Å²) >= 11 is 5.76. The molecule has 1 atom stereocenters. The second-order valence-corrected chi connectivity index (χ2v) is 6.53. The van der Waals surface area contributed by atoms with Crippen molar-refractivity contribution in [3.63, 3.8) is 0 Å². The molecular formula is C12H15ClN2O3S. The van der Waals surface area contributed by atoms with Crippen LogP contribution in [0.15, 0.2) is 23.1 Å². The lowest BCUT2D eigenvalue weighted by atomic mass is 10.1. The van der Waals surface area contributed by atoms with Crippen LogP contribution in [0.1, 0.15) is 19.4 Å². The predicted molar refractivity (Wildman–Crippen MR) is 72.2 cm³/mol. The molecule has 0 amide bonds. The fraction of sp³-hybridized carbons (Fsp3) is 0.417. The lowest BCUT2D eigenvalue weighted by molar-refractivity contribution is 0.227. The number of halogens is 1. The highest BCUT2D eigenvalue weighted by Crippen LogP contribution is 2.21. The molecule has 0 aliphatic heterocycles. The molecule has 0 aromatic heterocycles. The van der Waals surface area contributed by atoms with Crippen LogP contribution >= 0.6 is 11.6 Å². The molecule has 0 aliphatic carbocycles. The summed E-state index contributed by atoms with van der Waals surface area (Å²) in [7, 11) is -3.90. The topological polar surface area (TPSA) is 90.2 Å². The Balaban J connectivity index is 3.21. The van der Waals surface area contributed by atoms with Gasteiger partial charge < -0.3 is 5.11 Å². The van der Waals surface area contributed by atoms with Gasteiger partial charge in [0.15, 0.2) is 0 Å².